The molecule has 0 aliphatic rings. The molecule has 0 aliphatic carbocycles. The second-order valence-electron chi connectivity index (χ2n) is 14.0. The topological polar surface area (TPSA) is 56.7 Å². The summed E-state index contributed by atoms with van der Waals surface area (Å²) in [6.45, 7) is 0. The van der Waals surface area contributed by atoms with E-state index in [1.54, 1.807) is 0 Å². The summed E-state index contributed by atoms with van der Waals surface area (Å²) in [6, 6.07) is 67.4. The lowest BCUT2D eigenvalue weighted by molar-refractivity contribution is 0.670. The molecule has 0 bridgehead atoms. The van der Waals surface area contributed by atoms with Crippen LogP contribution in [-0.4, -0.2) is 19.5 Å². The zero-order valence-corrected chi connectivity index (χ0v) is 30.2. The lowest BCUT2D eigenvalue weighted by Gasteiger charge is -2.14. The summed E-state index contributed by atoms with van der Waals surface area (Å²) in [5, 5.41) is 4.64. The van der Waals surface area contributed by atoms with E-state index in [1.165, 1.54) is 21.8 Å². The van der Waals surface area contributed by atoms with Crippen LogP contribution in [0.3, 0.4) is 0 Å². The Labute approximate surface area is 322 Å². The van der Waals surface area contributed by atoms with Gasteiger partial charge in [-0.05, 0) is 47.5 Å². The van der Waals surface area contributed by atoms with Crippen molar-refractivity contribution in [3.8, 4) is 62.1 Å². The predicted octanol–water partition coefficient (Wildman–Crippen LogP) is 13.2. The number of para-hydroxylation sites is 4. The van der Waals surface area contributed by atoms with Gasteiger partial charge in [0.1, 0.15) is 11.2 Å². The molecule has 0 saturated carbocycles. The number of furan rings is 1. The fraction of sp³-hybridized carbons (Fsp3) is 0. The van der Waals surface area contributed by atoms with Crippen LogP contribution in [0.15, 0.2) is 199 Å². The van der Waals surface area contributed by atoms with Crippen molar-refractivity contribution < 1.29 is 4.42 Å². The van der Waals surface area contributed by atoms with E-state index in [1.807, 2.05) is 60.7 Å². The average Bonchev–Trinajstić information content (AvgIpc) is 3.82. The Hall–Kier alpha value is -7.63. The summed E-state index contributed by atoms with van der Waals surface area (Å²) in [4.78, 5) is 14.8. The molecule has 0 saturated heterocycles. The Balaban J connectivity index is 1.02. The van der Waals surface area contributed by atoms with Gasteiger partial charge in [-0.1, -0.05) is 158 Å². The molecule has 0 spiro atoms. The minimum absolute atomic E-state index is 0.621. The molecule has 0 unspecified atom stereocenters. The molecule has 0 radical (unpaired) electrons. The van der Waals surface area contributed by atoms with Crippen molar-refractivity contribution in [2.75, 3.05) is 0 Å². The van der Waals surface area contributed by atoms with E-state index >= 15 is 0 Å². The first-order chi connectivity index (χ1) is 27.8. The fourth-order valence-corrected chi connectivity index (χ4v) is 8.04. The van der Waals surface area contributed by atoms with Gasteiger partial charge in [0, 0.05) is 49.4 Å². The molecule has 0 amide bonds. The van der Waals surface area contributed by atoms with Crippen LogP contribution in [0.25, 0.3) is 106 Å². The summed E-state index contributed by atoms with van der Waals surface area (Å²) >= 11 is 0. The minimum Gasteiger partial charge on any atom is -0.455 e. The molecule has 3 heterocycles. The molecule has 11 aromatic rings. The van der Waals surface area contributed by atoms with E-state index in [0.717, 1.165) is 66.6 Å². The van der Waals surface area contributed by atoms with Gasteiger partial charge in [-0.25, -0.2) is 15.0 Å². The highest BCUT2D eigenvalue weighted by molar-refractivity contribution is 6.12. The van der Waals surface area contributed by atoms with E-state index in [0.29, 0.717) is 17.5 Å². The molecule has 5 heteroatoms. The smallest absolute Gasteiger partial charge is 0.164 e. The van der Waals surface area contributed by atoms with Crippen molar-refractivity contribution in [1.82, 2.24) is 19.5 Å². The molecule has 0 atom stereocenters. The molecule has 3 aromatic heterocycles. The highest BCUT2D eigenvalue weighted by Gasteiger charge is 2.19. The number of fused-ring (bicyclic) bond motifs is 6. The first-order valence-electron chi connectivity index (χ1n) is 18.8. The standard InChI is InChI=1S/C51H32N4O/c1-3-15-33(16-4-1)49-52-50(34-17-5-2-6-18-34)54-51(53-49)37-20-13-19-35(31-37)36-29-30-41-43-25-14-24-42(48(43)56-47(41)32-36)40-23-9-12-28-46(40)55-44-26-10-7-21-38(44)39-22-8-11-27-45(39)55/h1-32H. The zero-order valence-electron chi connectivity index (χ0n) is 30.2. The van der Waals surface area contributed by atoms with Crippen LogP contribution in [0.1, 0.15) is 0 Å². The van der Waals surface area contributed by atoms with Gasteiger partial charge in [0.15, 0.2) is 17.5 Å². The number of benzene rings is 8. The summed E-state index contributed by atoms with van der Waals surface area (Å²) in [5.74, 6) is 1.90. The van der Waals surface area contributed by atoms with Gasteiger partial charge in [-0.15, -0.1) is 0 Å². The lowest BCUT2D eigenvalue weighted by atomic mass is 9.99. The van der Waals surface area contributed by atoms with E-state index in [-0.39, 0.29) is 0 Å². The van der Waals surface area contributed by atoms with Gasteiger partial charge in [0.05, 0.1) is 16.7 Å². The first kappa shape index (κ1) is 31.9. The normalized spacial score (nSPS) is 11.6. The molecular weight excluding hydrogens is 685 g/mol. The van der Waals surface area contributed by atoms with Crippen LogP contribution in [0, 0.1) is 0 Å². The van der Waals surface area contributed by atoms with E-state index in [9.17, 15) is 0 Å². The molecule has 8 aromatic carbocycles. The van der Waals surface area contributed by atoms with Crippen LogP contribution in [0.2, 0.25) is 0 Å². The van der Waals surface area contributed by atoms with Gasteiger partial charge in [0.25, 0.3) is 0 Å². The summed E-state index contributed by atoms with van der Waals surface area (Å²) < 4.78 is 9.23. The van der Waals surface area contributed by atoms with Crippen LogP contribution < -0.4 is 0 Å². The predicted molar refractivity (Wildman–Crippen MR) is 229 cm³/mol. The van der Waals surface area contributed by atoms with Crippen LogP contribution in [-0.2, 0) is 0 Å². The van der Waals surface area contributed by atoms with E-state index in [2.05, 4.69) is 138 Å². The third kappa shape index (κ3) is 5.29. The number of aromatic nitrogens is 4. The molecule has 11 rings (SSSR count). The molecule has 262 valence electrons. The third-order valence-electron chi connectivity index (χ3n) is 10.7. The number of hydrogen-bond acceptors (Lipinski definition) is 4. The van der Waals surface area contributed by atoms with Gasteiger partial charge in [-0.2, -0.15) is 0 Å². The molecular formula is C51H32N4O. The highest BCUT2D eigenvalue weighted by atomic mass is 16.3. The Morgan fingerprint density at radius 2 is 0.839 bits per heavy atom. The summed E-state index contributed by atoms with van der Waals surface area (Å²) in [7, 11) is 0. The van der Waals surface area contributed by atoms with E-state index < -0.39 is 0 Å². The quantitative estimate of drug-likeness (QED) is 0.172. The van der Waals surface area contributed by atoms with Crippen molar-refractivity contribution in [2.45, 2.75) is 0 Å². The second kappa shape index (κ2) is 13.0. The van der Waals surface area contributed by atoms with Crippen LogP contribution in [0.5, 0.6) is 0 Å². The summed E-state index contributed by atoms with van der Waals surface area (Å²) in [5.41, 5.74) is 12.2. The Morgan fingerprint density at radius 1 is 0.339 bits per heavy atom. The Morgan fingerprint density at radius 3 is 1.54 bits per heavy atom. The number of rotatable bonds is 6. The number of hydrogen-bond donors (Lipinski definition) is 0. The molecule has 0 fully saturated rings. The van der Waals surface area contributed by atoms with Crippen molar-refractivity contribution in [3.63, 3.8) is 0 Å². The van der Waals surface area contributed by atoms with E-state index in [4.69, 9.17) is 19.4 Å². The van der Waals surface area contributed by atoms with Gasteiger partial charge >= 0.3 is 0 Å². The Kier molecular flexibility index (Phi) is 7.42. The minimum atomic E-state index is 0.621. The Bertz CT molecular complexity index is 3140. The van der Waals surface area contributed by atoms with Crippen molar-refractivity contribution in [3.05, 3.63) is 194 Å². The maximum Gasteiger partial charge on any atom is 0.164 e. The number of nitrogens with zero attached hydrogens (tertiary/aromatic N) is 4. The first-order valence-corrected chi connectivity index (χ1v) is 18.8. The monoisotopic (exact) mass is 716 g/mol. The van der Waals surface area contributed by atoms with Crippen molar-refractivity contribution in [2.24, 2.45) is 0 Å². The van der Waals surface area contributed by atoms with Crippen LogP contribution >= 0.6 is 0 Å². The zero-order chi connectivity index (χ0) is 37.0. The van der Waals surface area contributed by atoms with Gasteiger partial charge in [0.2, 0.25) is 0 Å². The fourth-order valence-electron chi connectivity index (χ4n) is 8.04. The molecule has 0 N–H and O–H groups in total. The van der Waals surface area contributed by atoms with Crippen molar-refractivity contribution in [1.29, 1.82) is 0 Å². The maximum absolute atomic E-state index is 6.85. The largest absolute Gasteiger partial charge is 0.455 e. The molecule has 0 aliphatic heterocycles. The van der Waals surface area contributed by atoms with Crippen LogP contribution in [0.4, 0.5) is 0 Å². The third-order valence-corrected chi connectivity index (χ3v) is 10.7. The highest BCUT2D eigenvalue weighted by Crippen LogP contribution is 2.41. The summed E-state index contributed by atoms with van der Waals surface area (Å²) in [6.07, 6.45) is 0. The molecule has 5 nitrogen and oxygen atoms in total. The van der Waals surface area contributed by atoms with Gasteiger partial charge < -0.3 is 8.98 Å². The maximum atomic E-state index is 6.85. The molecule has 56 heavy (non-hydrogen) atoms. The van der Waals surface area contributed by atoms with Gasteiger partial charge in [-0.3, -0.25) is 0 Å². The second-order valence-corrected chi connectivity index (χ2v) is 14.0. The van der Waals surface area contributed by atoms with Crippen molar-refractivity contribution >= 4 is 43.7 Å². The SMILES string of the molecule is c1ccc(-c2nc(-c3ccccc3)nc(-c3cccc(-c4ccc5c(c4)oc4c(-c6ccccc6-n6c7ccccc7c7ccccc76)cccc45)c3)n2)cc1. The lowest BCUT2D eigenvalue weighted by Crippen LogP contribution is -2.00. The average molecular weight is 717 g/mol.